The Bertz CT molecular complexity index is 720. The normalized spacial score (nSPS) is 10.5. The van der Waals surface area contributed by atoms with Crippen LogP contribution in [0.4, 0.5) is 0 Å². The van der Waals surface area contributed by atoms with Crippen molar-refractivity contribution in [2.75, 3.05) is 6.61 Å². The third kappa shape index (κ3) is 4.11. The third-order valence-electron chi connectivity index (χ3n) is 2.75. The van der Waals surface area contributed by atoms with Crippen LogP contribution in [0.2, 0.25) is 0 Å². The Morgan fingerprint density at radius 3 is 2.95 bits per heavy atom. The van der Waals surface area contributed by atoms with E-state index < -0.39 is 5.97 Å². The van der Waals surface area contributed by atoms with Crippen molar-refractivity contribution in [2.24, 2.45) is 0 Å². The second-order valence-electron chi connectivity index (χ2n) is 4.31. The number of esters is 1. The maximum absolute atomic E-state index is 11.3. The lowest BCUT2D eigenvalue weighted by atomic mass is 10.1. The predicted molar refractivity (Wildman–Crippen MR) is 85.4 cm³/mol. The van der Waals surface area contributed by atoms with Gasteiger partial charge in [0, 0.05) is 16.1 Å². The molecule has 2 aromatic rings. The molecule has 1 aromatic heterocycles. The lowest BCUT2D eigenvalue weighted by Gasteiger charge is -2.01. The maximum Gasteiger partial charge on any atom is 0.331 e. The zero-order valence-corrected chi connectivity index (χ0v) is 13.0. The van der Waals surface area contributed by atoms with Gasteiger partial charge in [0.05, 0.1) is 0 Å². The fourth-order valence-corrected chi connectivity index (χ4v) is 1.95. The Kier molecular flexibility index (Phi) is 5.02. The first kappa shape index (κ1) is 15.1. The van der Waals surface area contributed by atoms with E-state index in [0.717, 1.165) is 21.4 Å². The summed E-state index contributed by atoms with van der Waals surface area (Å²) in [6, 6.07) is 9.61. The van der Waals surface area contributed by atoms with E-state index >= 15 is 0 Å². The molecule has 0 bridgehead atoms. The van der Waals surface area contributed by atoms with Gasteiger partial charge in [0.15, 0.2) is 6.61 Å². The lowest BCUT2D eigenvalue weighted by Crippen LogP contribution is -1.99. The molecule has 0 atom stereocenters. The summed E-state index contributed by atoms with van der Waals surface area (Å²) < 4.78 is 11.4. The zero-order chi connectivity index (χ0) is 15.2. The van der Waals surface area contributed by atoms with Crippen LogP contribution in [0.5, 0.6) is 0 Å². The second-order valence-corrected chi connectivity index (χ2v) is 5.17. The Morgan fingerprint density at radius 1 is 1.43 bits per heavy atom. The van der Waals surface area contributed by atoms with Gasteiger partial charge in [0.2, 0.25) is 0 Å². The topological polar surface area (TPSA) is 39.4 Å². The molecule has 0 fully saturated rings. The average Bonchev–Trinajstić information content (AvgIpc) is 2.94. The average molecular weight is 345 g/mol. The Hall–Kier alpha value is -2.25. The van der Waals surface area contributed by atoms with Gasteiger partial charge in [-0.3, -0.25) is 0 Å². The molecule has 4 heteroatoms. The van der Waals surface area contributed by atoms with Crippen LogP contribution in [-0.4, -0.2) is 12.6 Å². The Morgan fingerprint density at radius 2 is 2.24 bits per heavy atom. The minimum absolute atomic E-state index is 0.0370. The molecule has 0 amide bonds. The monoisotopic (exact) mass is 344 g/mol. The van der Waals surface area contributed by atoms with Crippen molar-refractivity contribution in [1.82, 2.24) is 0 Å². The lowest BCUT2D eigenvalue weighted by molar-refractivity contribution is -0.136. The molecule has 2 rings (SSSR count). The third-order valence-corrected chi connectivity index (χ3v) is 3.64. The van der Waals surface area contributed by atoms with Gasteiger partial charge in [-0.15, -0.1) is 6.42 Å². The van der Waals surface area contributed by atoms with Gasteiger partial charge >= 0.3 is 5.97 Å². The summed E-state index contributed by atoms with van der Waals surface area (Å²) in [5.74, 6) is 3.04. The minimum atomic E-state index is -0.495. The van der Waals surface area contributed by atoms with Gasteiger partial charge in [0.1, 0.15) is 11.5 Å². The predicted octanol–water partition coefficient (Wildman–Crippen LogP) is 4.21. The van der Waals surface area contributed by atoms with Crippen molar-refractivity contribution < 1.29 is 13.9 Å². The summed E-state index contributed by atoms with van der Waals surface area (Å²) in [5, 5.41) is 0. The van der Waals surface area contributed by atoms with Crippen molar-refractivity contribution in [1.29, 1.82) is 0 Å². The van der Waals surface area contributed by atoms with Crippen molar-refractivity contribution in [3.8, 4) is 23.7 Å². The quantitative estimate of drug-likeness (QED) is 0.473. The Labute approximate surface area is 131 Å². The van der Waals surface area contributed by atoms with E-state index in [2.05, 4.69) is 21.9 Å². The molecular formula is C17H13BrO3. The summed E-state index contributed by atoms with van der Waals surface area (Å²) in [7, 11) is 0. The van der Waals surface area contributed by atoms with Crippen molar-refractivity contribution in [3.63, 3.8) is 0 Å². The number of benzene rings is 1. The maximum atomic E-state index is 11.3. The van der Waals surface area contributed by atoms with Crippen LogP contribution in [-0.2, 0) is 9.53 Å². The van der Waals surface area contributed by atoms with Crippen LogP contribution in [0.25, 0.3) is 17.4 Å². The van der Waals surface area contributed by atoms with Crippen LogP contribution in [0, 0.1) is 19.3 Å². The number of carbonyl (C=O) groups excluding carboxylic acids is 1. The molecule has 1 aromatic carbocycles. The van der Waals surface area contributed by atoms with E-state index in [9.17, 15) is 4.79 Å². The van der Waals surface area contributed by atoms with E-state index in [1.165, 1.54) is 6.08 Å². The zero-order valence-electron chi connectivity index (χ0n) is 11.4. The Balaban J connectivity index is 2.11. The van der Waals surface area contributed by atoms with Gasteiger partial charge < -0.3 is 9.15 Å². The smallest absolute Gasteiger partial charge is 0.331 e. The SMILES string of the molecule is C#CCOC(=O)/C=C/c1ccc(-c2ccc(Br)c(C)c2)o1. The van der Waals surface area contributed by atoms with Gasteiger partial charge in [0.25, 0.3) is 0 Å². The number of halogens is 1. The first-order valence-corrected chi connectivity index (χ1v) is 7.04. The number of aryl methyl sites for hydroxylation is 1. The number of carbonyl (C=O) groups is 1. The molecule has 0 radical (unpaired) electrons. The molecule has 0 aliphatic rings. The van der Waals surface area contributed by atoms with E-state index in [1.807, 2.05) is 31.2 Å². The molecule has 0 spiro atoms. The number of furan rings is 1. The van der Waals surface area contributed by atoms with E-state index in [1.54, 1.807) is 12.1 Å². The largest absolute Gasteiger partial charge is 0.457 e. The molecule has 0 aliphatic carbocycles. The number of hydrogen-bond acceptors (Lipinski definition) is 3. The van der Waals surface area contributed by atoms with Gasteiger partial charge in [-0.2, -0.15) is 0 Å². The number of rotatable bonds is 4. The molecule has 0 saturated carbocycles. The van der Waals surface area contributed by atoms with Crippen molar-refractivity contribution in [2.45, 2.75) is 6.92 Å². The highest BCUT2D eigenvalue weighted by molar-refractivity contribution is 9.10. The fourth-order valence-electron chi connectivity index (χ4n) is 1.71. The van der Waals surface area contributed by atoms with Crippen molar-refractivity contribution in [3.05, 3.63) is 52.2 Å². The molecule has 1 heterocycles. The minimum Gasteiger partial charge on any atom is -0.457 e. The number of hydrogen-bond donors (Lipinski definition) is 0. The summed E-state index contributed by atoms with van der Waals surface area (Å²) >= 11 is 3.46. The first-order chi connectivity index (χ1) is 10.1. The summed E-state index contributed by atoms with van der Waals surface area (Å²) in [4.78, 5) is 11.3. The van der Waals surface area contributed by atoms with Gasteiger partial charge in [-0.05, 0) is 42.8 Å². The molecule has 21 heavy (non-hydrogen) atoms. The summed E-state index contributed by atoms with van der Waals surface area (Å²) in [6.07, 6.45) is 7.84. The van der Waals surface area contributed by atoms with Crippen LogP contribution in [0.15, 0.2) is 45.3 Å². The van der Waals surface area contributed by atoms with Crippen LogP contribution < -0.4 is 0 Å². The summed E-state index contributed by atoms with van der Waals surface area (Å²) in [6.45, 7) is 1.98. The highest BCUT2D eigenvalue weighted by Crippen LogP contribution is 2.26. The van der Waals surface area contributed by atoms with Crippen LogP contribution in [0.1, 0.15) is 11.3 Å². The van der Waals surface area contributed by atoms with Crippen LogP contribution >= 0.6 is 15.9 Å². The van der Waals surface area contributed by atoms with Gasteiger partial charge in [-0.25, -0.2) is 4.79 Å². The first-order valence-electron chi connectivity index (χ1n) is 6.25. The molecule has 0 N–H and O–H groups in total. The number of terminal acetylenes is 1. The van der Waals surface area contributed by atoms with E-state index in [-0.39, 0.29) is 6.61 Å². The standard InChI is InChI=1S/C17H13BrO3/c1-3-10-20-17(19)9-6-14-5-8-16(21-14)13-4-7-15(18)12(2)11-13/h1,4-9,11H,10H2,2H3/b9-6+. The van der Waals surface area contributed by atoms with Crippen LogP contribution in [0.3, 0.4) is 0 Å². The molecule has 3 nitrogen and oxygen atoms in total. The molecule has 0 saturated heterocycles. The second kappa shape index (κ2) is 6.96. The summed E-state index contributed by atoms with van der Waals surface area (Å²) in [5.41, 5.74) is 2.10. The number of ether oxygens (including phenoxy) is 1. The molecule has 0 unspecified atom stereocenters. The molecule has 0 aliphatic heterocycles. The van der Waals surface area contributed by atoms with Crippen molar-refractivity contribution >= 4 is 28.0 Å². The molecular weight excluding hydrogens is 332 g/mol. The highest BCUT2D eigenvalue weighted by Gasteiger charge is 2.05. The highest BCUT2D eigenvalue weighted by atomic mass is 79.9. The van der Waals surface area contributed by atoms with E-state index in [4.69, 9.17) is 15.6 Å². The van der Waals surface area contributed by atoms with Gasteiger partial charge in [-0.1, -0.05) is 27.9 Å². The fraction of sp³-hybridized carbons (Fsp3) is 0.118. The van der Waals surface area contributed by atoms with E-state index in [0.29, 0.717) is 5.76 Å². The molecule has 106 valence electrons.